The van der Waals surface area contributed by atoms with E-state index in [1.54, 1.807) is 0 Å². The Kier molecular flexibility index (Phi) is 1.81. The first-order valence-corrected chi connectivity index (χ1v) is 8.44. The predicted molar refractivity (Wildman–Crippen MR) is 78.7 cm³/mol. The summed E-state index contributed by atoms with van der Waals surface area (Å²) in [4.78, 5) is 10.2. The van der Waals surface area contributed by atoms with Gasteiger partial charge in [-0.2, -0.15) is 0 Å². The van der Waals surface area contributed by atoms with Crippen LogP contribution in [-0.2, 0) is 9.59 Å². The Labute approximate surface area is 152 Å². The lowest BCUT2D eigenvalue weighted by atomic mass is 9.37. The van der Waals surface area contributed by atoms with Gasteiger partial charge in [0.2, 0.25) is 0 Å². The molecule has 4 bridgehead atoms. The Morgan fingerprint density at radius 3 is 0.950 bits per heavy atom. The summed E-state index contributed by atoms with van der Waals surface area (Å²) < 4.78 is 0. The van der Waals surface area contributed by atoms with Crippen molar-refractivity contribution in [2.75, 3.05) is 0 Å². The molecule has 0 N–H and O–H groups in total. The molecule has 6 saturated carbocycles. The van der Waals surface area contributed by atoms with Crippen molar-refractivity contribution in [2.45, 2.75) is 39.0 Å². The molecule has 0 aliphatic heterocycles. The fourth-order valence-electron chi connectivity index (χ4n) is 5.40. The first-order valence-electron chi connectivity index (χ1n) is 5.42. The van der Waals surface area contributed by atoms with Gasteiger partial charge >= 0.3 is 0 Å². The quantitative estimate of drug-likeness (QED) is 0.548. The van der Waals surface area contributed by atoms with Gasteiger partial charge in [0.05, 0.1) is 0 Å². The monoisotopic (exact) mass is 432 g/mol. The minimum Gasteiger partial charge on any atom is -0.295 e. The van der Waals surface area contributed by atoms with Gasteiger partial charge in [-0.1, -0.05) is 0 Å². The van der Waals surface area contributed by atoms with Gasteiger partial charge in [0, 0.05) is 0 Å². The lowest BCUT2D eigenvalue weighted by Crippen LogP contribution is -3.07. The molecule has 0 aromatic carbocycles. The van der Waals surface area contributed by atoms with Crippen LogP contribution in [0.15, 0.2) is 0 Å². The summed E-state index contributed by atoms with van der Waals surface area (Å²) in [5, 5.41) is 0. The highest BCUT2D eigenvalue weighted by atomic mass is 35.5. The Balaban J connectivity index is 2.11. The summed E-state index contributed by atoms with van der Waals surface area (Å²) in [6, 6.07) is 0. The first-order chi connectivity index (χ1) is 8.81. The van der Waals surface area contributed by atoms with E-state index in [1.807, 2.05) is 0 Å². The molecule has 6 aliphatic rings. The van der Waals surface area contributed by atoms with Crippen LogP contribution < -0.4 is 0 Å². The summed E-state index contributed by atoms with van der Waals surface area (Å²) in [7, 11) is 0. The van der Waals surface area contributed by atoms with Gasteiger partial charge < -0.3 is 0 Å². The van der Waals surface area contributed by atoms with E-state index in [2.05, 4.69) is 0 Å². The average Bonchev–Trinajstić information content (AvgIpc) is 2.66. The minimum absolute atomic E-state index is 0.784. The minimum atomic E-state index is -2.08. The number of carbonyl (C=O) groups is 2. The molecule has 0 unspecified atom stereocenters. The largest absolute Gasteiger partial charge is 0.295 e. The number of Topliss-reactive ketones (excluding diaryl/α,β-unsaturated/α-hetero) is 2. The Morgan fingerprint density at radius 2 is 0.700 bits per heavy atom. The predicted octanol–water partition coefficient (Wildman–Crippen LogP) is 3.01. The van der Waals surface area contributed by atoms with Crippen molar-refractivity contribution in [3.8, 4) is 0 Å². The fourth-order valence-corrected chi connectivity index (χ4v) is 12.1. The van der Waals surface area contributed by atoms with Crippen LogP contribution in [0.5, 0.6) is 0 Å². The maximum Gasteiger partial charge on any atom is 0.182 e. The van der Waals surface area contributed by atoms with E-state index >= 15 is 0 Å². The molecule has 0 aromatic rings. The third-order valence-corrected chi connectivity index (χ3v) is 13.3. The molecule has 0 amide bonds. The summed E-state index contributed by atoms with van der Waals surface area (Å²) >= 11 is 51.6. The Morgan fingerprint density at radius 1 is 0.450 bits per heavy atom. The summed E-state index contributed by atoms with van der Waals surface area (Å²) in [5.41, 5.74) is 0. The molecule has 0 spiro atoms. The highest BCUT2D eigenvalue weighted by Crippen LogP contribution is 3.06. The highest BCUT2D eigenvalue weighted by Gasteiger charge is 3.29. The van der Waals surface area contributed by atoms with Crippen LogP contribution in [0.25, 0.3) is 0 Å². The molecule has 0 heterocycles. The van der Waals surface area contributed by atoms with Crippen molar-refractivity contribution in [2.24, 2.45) is 0 Å². The van der Waals surface area contributed by atoms with Gasteiger partial charge in [-0.05, 0) is 0 Å². The molecule has 6 fully saturated rings. The van der Waals surface area contributed by atoms with Crippen LogP contribution >= 0.6 is 92.8 Å². The van der Waals surface area contributed by atoms with Crippen LogP contribution in [0.4, 0.5) is 0 Å². The smallest absolute Gasteiger partial charge is 0.182 e. The van der Waals surface area contributed by atoms with Crippen LogP contribution in [0, 0.1) is 0 Å². The fraction of sp³-hybridized carbons (Fsp3) is 0.800. The molecular formula is C10Cl8O2. The number of ketones is 2. The summed E-state index contributed by atoms with van der Waals surface area (Å²) in [6.45, 7) is 0. The second-order valence-corrected chi connectivity index (χ2v) is 10.5. The van der Waals surface area contributed by atoms with E-state index in [1.165, 1.54) is 0 Å². The van der Waals surface area contributed by atoms with Gasteiger partial charge in [0.25, 0.3) is 0 Å². The molecule has 0 aromatic heterocycles. The van der Waals surface area contributed by atoms with Gasteiger partial charge in [0.15, 0.2) is 31.1 Å². The van der Waals surface area contributed by atoms with Crippen molar-refractivity contribution in [1.82, 2.24) is 0 Å². The molecule has 0 saturated heterocycles. The lowest BCUT2D eigenvalue weighted by molar-refractivity contribution is -0.126. The number of hydrogen-bond donors (Lipinski definition) is 0. The van der Waals surface area contributed by atoms with E-state index < -0.39 is 50.6 Å². The van der Waals surface area contributed by atoms with Crippen molar-refractivity contribution in [1.29, 1.82) is 0 Å². The molecule has 8 atom stereocenters. The zero-order valence-corrected chi connectivity index (χ0v) is 14.9. The van der Waals surface area contributed by atoms with Crippen molar-refractivity contribution >= 4 is 104 Å². The van der Waals surface area contributed by atoms with Crippen molar-refractivity contribution in [3.05, 3.63) is 0 Å². The lowest BCUT2D eigenvalue weighted by Gasteiger charge is -2.84. The molecule has 6 aliphatic carbocycles. The summed E-state index contributed by atoms with van der Waals surface area (Å²) in [5.74, 6) is -1.57. The van der Waals surface area contributed by atoms with Gasteiger partial charge in [-0.25, -0.2) is 0 Å². The number of halogens is 8. The van der Waals surface area contributed by atoms with Gasteiger partial charge in [-0.3, -0.25) is 9.59 Å². The van der Waals surface area contributed by atoms with E-state index in [0.29, 0.717) is 0 Å². The maximum absolute atomic E-state index is 12.7. The van der Waals surface area contributed by atoms with E-state index in [-0.39, 0.29) is 0 Å². The molecular weight excluding hydrogens is 436 g/mol. The zero-order valence-electron chi connectivity index (χ0n) is 8.84. The normalized spacial score (nSPS) is 81.8. The molecule has 2 nitrogen and oxygen atoms in total. The molecule has 108 valence electrons. The third kappa shape index (κ3) is 0.512. The third-order valence-electron chi connectivity index (χ3n) is 6.00. The van der Waals surface area contributed by atoms with Crippen LogP contribution in [0.3, 0.4) is 0 Å². The number of alkyl halides is 8. The zero-order chi connectivity index (χ0) is 15.2. The number of hydrogen-bond acceptors (Lipinski definition) is 2. The Hall–Kier alpha value is 1.66. The van der Waals surface area contributed by atoms with Crippen LogP contribution in [-0.4, -0.2) is 50.6 Å². The van der Waals surface area contributed by atoms with Crippen molar-refractivity contribution < 1.29 is 9.59 Å². The second kappa shape index (κ2) is 2.58. The standard InChI is InChI=1S/C10Cl8O2/c11-3-1(19)5(13)8(16)4(3,12)2(20)6(14)7(3,15)9(5,17)10(6,8)18/t3-,4+,5+,6-,7-,8-,9+,10-/m0/s1. The maximum atomic E-state index is 12.7. The molecule has 6 rings (SSSR count). The first kappa shape index (κ1) is 14.0. The second-order valence-electron chi connectivity index (χ2n) is 5.93. The molecule has 20 heavy (non-hydrogen) atoms. The average molecular weight is 436 g/mol. The number of carbonyl (C=O) groups excluding carboxylic acids is 2. The molecule has 0 radical (unpaired) electrons. The highest BCUT2D eigenvalue weighted by molar-refractivity contribution is 6.84. The van der Waals surface area contributed by atoms with E-state index in [9.17, 15) is 9.59 Å². The Bertz CT molecular complexity index is 668. The van der Waals surface area contributed by atoms with E-state index in [0.717, 1.165) is 0 Å². The van der Waals surface area contributed by atoms with Crippen LogP contribution in [0.1, 0.15) is 0 Å². The van der Waals surface area contributed by atoms with Crippen molar-refractivity contribution in [3.63, 3.8) is 0 Å². The van der Waals surface area contributed by atoms with Gasteiger partial charge in [0.1, 0.15) is 19.5 Å². The summed E-state index contributed by atoms with van der Waals surface area (Å²) in [6.07, 6.45) is 0. The topological polar surface area (TPSA) is 34.1 Å². The number of rotatable bonds is 0. The molecule has 10 heteroatoms. The van der Waals surface area contributed by atoms with E-state index in [4.69, 9.17) is 92.8 Å². The van der Waals surface area contributed by atoms with Crippen LogP contribution in [0.2, 0.25) is 0 Å². The SMILES string of the molecule is O=C1[C@@]2(Cl)[C@@]3(Cl)[C@@]4(Cl)C(=O)[C@]5(Cl)[C@@](Cl)([C@]14Cl)[C@@]2(Cl)[C@]53Cl. The van der Waals surface area contributed by atoms with Gasteiger partial charge in [-0.15, -0.1) is 92.8 Å².